The van der Waals surface area contributed by atoms with Crippen LogP contribution in [0.4, 0.5) is 18.9 Å². The lowest BCUT2D eigenvalue weighted by Crippen LogP contribution is -2.19. The number of aryl methyl sites for hydroxylation is 1. The first kappa shape index (κ1) is 15.2. The summed E-state index contributed by atoms with van der Waals surface area (Å²) in [5.74, 6) is 0.203. The fourth-order valence-corrected chi connectivity index (χ4v) is 1.84. The van der Waals surface area contributed by atoms with Crippen LogP contribution in [-0.2, 0) is 6.54 Å². The minimum Gasteiger partial charge on any atom is -0.484 e. The topological polar surface area (TPSA) is 21.3 Å². The summed E-state index contributed by atoms with van der Waals surface area (Å²) in [7, 11) is 0. The van der Waals surface area contributed by atoms with Gasteiger partial charge >= 0.3 is 6.18 Å². The van der Waals surface area contributed by atoms with Crippen molar-refractivity contribution in [3.8, 4) is 5.75 Å². The molecule has 0 heterocycles. The molecule has 0 aliphatic rings. The van der Waals surface area contributed by atoms with Crippen LogP contribution in [0.3, 0.4) is 0 Å². The summed E-state index contributed by atoms with van der Waals surface area (Å²) in [6.07, 6.45) is -4.32. The summed E-state index contributed by atoms with van der Waals surface area (Å²) in [5, 5.41) is 3.22. The van der Waals surface area contributed by atoms with E-state index in [0.717, 1.165) is 5.69 Å². The number of anilines is 1. The summed E-state index contributed by atoms with van der Waals surface area (Å²) >= 11 is 0. The molecular formula is C16H16F3NO. The Morgan fingerprint density at radius 1 is 1.00 bits per heavy atom. The highest BCUT2D eigenvalue weighted by atomic mass is 19.4. The van der Waals surface area contributed by atoms with E-state index in [-0.39, 0.29) is 5.75 Å². The molecule has 0 radical (unpaired) electrons. The zero-order valence-corrected chi connectivity index (χ0v) is 11.6. The highest BCUT2D eigenvalue weighted by Crippen LogP contribution is 2.20. The number of hydrogen-bond donors (Lipinski definition) is 1. The molecule has 0 bridgehead atoms. The van der Waals surface area contributed by atoms with Crippen molar-refractivity contribution in [1.29, 1.82) is 0 Å². The van der Waals surface area contributed by atoms with Gasteiger partial charge in [-0.3, -0.25) is 0 Å². The lowest BCUT2D eigenvalue weighted by molar-refractivity contribution is -0.153. The van der Waals surface area contributed by atoms with Gasteiger partial charge in [0.2, 0.25) is 0 Å². The van der Waals surface area contributed by atoms with Gasteiger partial charge in [0.25, 0.3) is 0 Å². The number of alkyl halides is 3. The van der Waals surface area contributed by atoms with Crippen molar-refractivity contribution >= 4 is 5.69 Å². The summed E-state index contributed by atoms with van der Waals surface area (Å²) < 4.78 is 40.7. The van der Waals surface area contributed by atoms with E-state index in [4.69, 9.17) is 0 Å². The van der Waals surface area contributed by atoms with Gasteiger partial charge in [0, 0.05) is 12.2 Å². The molecule has 0 spiro atoms. The molecule has 0 saturated heterocycles. The third kappa shape index (κ3) is 5.02. The van der Waals surface area contributed by atoms with Crippen LogP contribution < -0.4 is 10.1 Å². The van der Waals surface area contributed by atoms with Crippen molar-refractivity contribution in [3.63, 3.8) is 0 Å². The van der Waals surface area contributed by atoms with Gasteiger partial charge in [-0.1, -0.05) is 24.3 Å². The van der Waals surface area contributed by atoms with Crippen molar-refractivity contribution < 1.29 is 17.9 Å². The molecule has 0 saturated carbocycles. The molecule has 0 atom stereocenters. The van der Waals surface area contributed by atoms with E-state index >= 15 is 0 Å². The van der Waals surface area contributed by atoms with E-state index in [0.29, 0.717) is 6.54 Å². The highest BCUT2D eigenvalue weighted by Gasteiger charge is 2.28. The van der Waals surface area contributed by atoms with Crippen molar-refractivity contribution in [2.75, 3.05) is 11.9 Å². The Kier molecular flexibility index (Phi) is 4.73. The summed E-state index contributed by atoms with van der Waals surface area (Å²) in [6.45, 7) is 1.42. The molecule has 2 aromatic carbocycles. The summed E-state index contributed by atoms with van der Waals surface area (Å²) in [5.41, 5.74) is 3.20. The van der Waals surface area contributed by atoms with E-state index in [1.165, 1.54) is 23.3 Å². The average molecular weight is 295 g/mol. The zero-order chi connectivity index (χ0) is 15.3. The van der Waals surface area contributed by atoms with E-state index in [2.05, 4.69) is 10.1 Å². The van der Waals surface area contributed by atoms with Gasteiger partial charge in [-0.05, 0) is 42.3 Å². The van der Waals surface area contributed by atoms with Crippen molar-refractivity contribution in [3.05, 3.63) is 59.7 Å². The quantitative estimate of drug-likeness (QED) is 0.874. The first-order valence-electron chi connectivity index (χ1n) is 6.52. The molecular weight excluding hydrogens is 279 g/mol. The third-order valence-electron chi connectivity index (χ3n) is 3.00. The van der Waals surface area contributed by atoms with Gasteiger partial charge in [0.15, 0.2) is 6.61 Å². The maximum Gasteiger partial charge on any atom is 0.422 e. The monoisotopic (exact) mass is 295 g/mol. The zero-order valence-electron chi connectivity index (χ0n) is 11.6. The maximum absolute atomic E-state index is 12.0. The van der Waals surface area contributed by atoms with Crippen LogP contribution in [0.5, 0.6) is 5.75 Å². The third-order valence-corrected chi connectivity index (χ3v) is 3.00. The fourth-order valence-electron chi connectivity index (χ4n) is 1.84. The maximum atomic E-state index is 12.0. The van der Waals surface area contributed by atoms with Gasteiger partial charge < -0.3 is 10.1 Å². The molecule has 21 heavy (non-hydrogen) atoms. The van der Waals surface area contributed by atoms with E-state index in [1.54, 1.807) is 12.1 Å². The minimum atomic E-state index is -4.32. The Hall–Kier alpha value is -2.17. The molecule has 0 unspecified atom stereocenters. The molecule has 112 valence electrons. The van der Waals surface area contributed by atoms with Gasteiger partial charge in [-0.2, -0.15) is 13.2 Å². The van der Waals surface area contributed by atoms with Crippen LogP contribution in [0.25, 0.3) is 0 Å². The predicted octanol–water partition coefficient (Wildman–Crippen LogP) is 4.55. The van der Waals surface area contributed by atoms with Crippen molar-refractivity contribution in [1.82, 2.24) is 0 Å². The van der Waals surface area contributed by atoms with E-state index in [9.17, 15) is 13.2 Å². The molecule has 0 aliphatic heterocycles. The van der Waals surface area contributed by atoms with Crippen LogP contribution in [-0.4, -0.2) is 12.8 Å². The average Bonchev–Trinajstić information content (AvgIpc) is 2.45. The standard InChI is InChI=1S/C16H16F3NO/c1-12-4-2-3-5-13(12)10-20-14-6-8-15(9-7-14)21-11-16(17,18)19/h2-9,20H,10-11H2,1H3. The van der Waals surface area contributed by atoms with Crippen molar-refractivity contribution in [2.45, 2.75) is 19.6 Å². The van der Waals surface area contributed by atoms with Gasteiger partial charge in [-0.25, -0.2) is 0 Å². The van der Waals surface area contributed by atoms with Crippen LogP contribution in [0.2, 0.25) is 0 Å². The Bertz CT molecular complexity index is 579. The predicted molar refractivity (Wildman–Crippen MR) is 76.5 cm³/mol. The Labute approximate surface area is 121 Å². The second kappa shape index (κ2) is 6.52. The molecule has 0 aliphatic carbocycles. The molecule has 0 fully saturated rings. The Morgan fingerprint density at radius 2 is 1.67 bits per heavy atom. The number of hydrogen-bond acceptors (Lipinski definition) is 2. The van der Waals surface area contributed by atoms with Crippen LogP contribution in [0, 0.1) is 6.92 Å². The second-order valence-corrected chi connectivity index (χ2v) is 4.71. The number of halogens is 3. The smallest absolute Gasteiger partial charge is 0.422 e. The number of rotatable bonds is 5. The lowest BCUT2D eigenvalue weighted by atomic mass is 10.1. The molecule has 2 aromatic rings. The van der Waals surface area contributed by atoms with E-state index < -0.39 is 12.8 Å². The highest BCUT2D eigenvalue weighted by molar-refractivity contribution is 5.47. The number of nitrogens with one attached hydrogen (secondary N) is 1. The fraction of sp³-hybridized carbons (Fsp3) is 0.250. The normalized spacial score (nSPS) is 11.2. The first-order valence-corrected chi connectivity index (χ1v) is 6.52. The molecule has 5 heteroatoms. The second-order valence-electron chi connectivity index (χ2n) is 4.71. The Morgan fingerprint density at radius 3 is 2.29 bits per heavy atom. The summed E-state index contributed by atoms with van der Waals surface area (Å²) in [6, 6.07) is 14.4. The first-order chi connectivity index (χ1) is 9.94. The SMILES string of the molecule is Cc1ccccc1CNc1ccc(OCC(F)(F)F)cc1. The van der Waals surface area contributed by atoms with Crippen LogP contribution in [0.1, 0.15) is 11.1 Å². The largest absolute Gasteiger partial charge is 0.484 e. The molecule has 0 amide bonds. The number of ether oxygens (including phenoxy) is 1. The van der Waals surface area contributed by atoms with Crippen molar-refractivity contribution in [2.24, 2.45) is 0 Å². The van der Waals surface area contributed by atoms with Gasteiger partial charge in [0.05, 0.1) is 0 Å². The van der Waals surface area contributed by atoms with Gasteiger partial charge in [-0.15, -0.1) is 0 Å². The van der Waals surface area contributed by atoms with E-state index in [1.807, 2.05) is 31.2 Å². The molecule has 0 aromatic heterocycles. The molecule has 2 nitrogen and oxygen atoms in total. The minimum absolute atomic E-state index is 0.203. The van der Waals surface area contributed by atoms with Crippen LogP contribution >= 0.6 is 0 Å². The number of benzene rings is 2. The lowest BCUT2D eigenvalue weighted by Gasteiger charge is -2.11. The van der Waals surface area contributed by atoms with Gasteiger partial charge in [0.1, 0.15) is 5.75 Å². The molecule has 2 rings (SSSR count). The Balaban J connectivity index is 1.89. The van der Waals surface area contributed by atoms with Crippen LogP contribution in [0.15, 0.2) is 48.5 Å². The molecule has 1 N–H and O–H groups in total. The summed E-state index contributed by atoms with van der Waals surface area (Å²) in [4.78, 5) is 0.